The molecule has 2 aliphatic rings. The maximum Gasteiger partial charge on any atom is 0.410 e. The van der Waals surface area contributed by atoms with Crippen molar-refractivity contribution in [3.8, 4) is 10.6 Å². The van der Waals surface area contributed by atoms with E-state index in [9.17, 15) is 33.6 Å². The predicted octanol–water partition coefficient (Wildman–Crippen LogP) is 5.86. The SMILES string of the molecule is CCC(=O)O.CCCCCC(=O)NCC(=O)NC(C(=O)NCC(=O)Nc1ccc(COC(=O)N2CCN(c3ccc4nc(-c5ccc(N6CCCC6)nc5)sc4c3)CC2)cc1)C(C)C.CCCNC(N)=O. The molecule has 21 heteroatoms. The molecule has 4 aromatic rings. The Balaban J connectivity index is 0.000000812. The molecule has 2 saturated heterocycles. The van der Waals surface area contributed by atoms with E-state index in [1.54, 1.807) is 61.3 Å². The molecule has 2 aliphatic heterocycles. The molecule has 71 heavy (non-hydrogen) atoms. The van der Waals surface area contributed by atoms with Crippen LogP contribution in [0.3, 0.4) is 0 Å². The lowest BCUT2D eigenvalue weighted by molar-refractivity contribution is -0.136. The highest BCUT2D eigenvalue weighted by molar-refractivity contribution is 7.21. The number of unbranched alkanes of at least 4 members (excludes halogenated alkanes) is 2. The Morgan fingerprint density at radius 1 is 0.789 bits per heavy atom. The van der Waals surface area contributed by atoms with Crippen molar-refractivity contribution in [2.75, 3.05) is 74.0 Å². The van der Waals surface area contributed by atoms with E-state index in [4.69, 9.17) is 25.5 Å². The molecule has 4 heterocycles. The summed E-state index contributed by atoms with van der Waals surface area (Å²) in [4.78, 5) is 97.8. The first-order chi connectivity index (χ1) is 34.1. The third-order valence-corrected chi connectivity index (χ3v) is 12.4. The van der Waals surface area contributed by atoms with Crippen LogP contribution in [0.25, 0.3) is 20.8 Å². The number of anilines is 3. The molecule has 0 bridgehead atoms. The van der Waals surface area contributed by atoms with Crippen molar-refractivity contribution in [3.05, 3.63) is 66.4 Å². The second-order valence-electron chi connectivity index (χ2n) is 17.3. The van der Waals surface area contributed by atoms with Gasteiger partial charge in [-0.25, -0.2) is 19.6 Å². The number of thiazole rings is 1. The average molecular weight is 1000 g/mol. The van der Waals surface area contributed by atoms with E-state index in [2.05, 4.69) is 66.7 Å². The molecule has 6 rings (SSSR count). The van der Waals surface area contributed by atoms with Gasteiger partial charge in [0.2, 0.25) is 23.6 Å². The zero-order chi connectivity index (χ0) is 51.7. The van der Waals surface area contributed by atoms with Crippen LogP contribution in [0, 0.1) is 5.92 Å². The first-order valence-electron chi connectivity index (χ1n) is 24.4. The highest BCUT2D eigenvalue weighted by atomic mass is 32.1. The molecule has 0 spiro atoms. The van der Waals surface area contributed by atoms with E-state index in [0.29, 0.717) is 44.8 Å². The monoisotopic (exact) mass is 1000 g/mol. The van der Waals surface area contributed by atoms with Crippen LogP contribution in [0.15, 0.2) is 60.8 Å². The topological polar surface area (TPSA) is 271 Å². The Morgan fingerprint density at radius 3 is 2.07 bits per heavy atom. The number of aromatic nitrogens is 2. The lowest BCUT2D eigenvalue weighted by Gasteiger charge is -2.35. The zero-order valence-corrected chi connectivity index (χ0v) is 42.4. The van der Waals surface area contributed by atoms with Crippen LogP contribution in [-0.2, 0) is 35.3 Å². The van der Waals surface area contributed by atoms with Crippen LogP contribution in [0.2, 0.25) is 0 Å². The van der Waals surface area contributed by atoms with Gasteiger partial charge in [-0.05, 0) is 79.6 Å². The number of nitrogens with zero attached hydrogens (tertiary/aromatic N) is 5. The fraction of sp³-hybridized carbons (Fsp3) is 0.500. The molecule has 386 valence electrons. The summed E-state index contributed by atoms with van der Waals surface area (Å²) in [5.41, 5.74) is 9.06. The minimum absolute atomic E-state index is 0.0784. The Labute approximate surface area is 419 Å². The van der Waals surface area contributed by atoms with Crippen molar-refractivity contribution in [3.63, 3.8) is 0 Å². The number of piperazine rings is 1. The van der Waals surface area contributed by atoms with Gasteiger partial charge in [-0.15, -0.1) is 11.3 Å². The summed E-state index contributed by atoms with van der Waals surface area (Å²) in [6.07, 6.45) is 8.16. The van der Waals surface area contributed by atoms with Crippen LogP contribution in [0.1, 0.15) is 91.5 Å². The fourth-order valence-electron chi connectivity index (χ4n) is 7.24. The van der Waals surface area contributed by atoms with Gasteiger partial charge in [-0.3, -0.25) is 24.0 Å². The molecule has 0 saturated carbocycles. The van der Waals surface area contributed by atoms with Crippen molar-refractivity contribution in [2.24, 2.45) is 11.7 Å². The number of amides is 7. The van der Waals surface area contributed by atoms with E-state index in [1.807, 2.05) is 20.0 Å². The molecule has 1 atom stereocenters. The molecule has 20 nitrogen and oxygen atoms in total. The predicted molar refractivity (Wildman–Crippen MR) is 276 cm³/mol. The first-order valence-corrected chi connectivity index (χ1v) is 25.2. The minimum atomic E-state index is -0.876. The number of benzene rings is 2. The smallest absolute Gasteiger partial charge is 0.410 e. The number of hydrogen-bond acceptors (Lipinski definition) is 13. The third kappa shape index (κ3) is 19.7. The van der Waals surface area contributed by atoms with Crippen molar-refractivity contribution >= 4 is 80.5 Å². The summed E-state index contributed by atoms with van der Waals surface area (Å²) in [6.45, 7) is 13.9. The molecule has 0 radical (unpaired) electrons. The van der Waals surface area contributed by atoms with Gasteiger partial charge >= 0.3 is 18.1 Å². The van der Waals surface area contributed by atoms with Crippen molar-refractivity contribution in [2.45, 2.75) is 98.6 Å². The molecule has 2 fully saturated rings. The van der Waals surface area contributed by atoms with Gasteiger partial charge in [-0.1, -0.05) is 59.6 Å². The number of rotatable bonds is 20. The van der Waals surface area contributed by atoms with Crippen molar-refractivity contribution < 1.29 is 43.4 Å². The molecule has 8 N–H and O–H groups in total. The van der Waals surface area contributed by atoms with Gasteiger partial charge in [0.1, 0.15) is 23.5 Å². The molecular formula is C50H71N11O9S. The number of carbonyl (C=O) groups excluding carboxylic acids is 6. The molecule has 1 unspecified atom stereocenters. The quantitative estimate of drug-likeness (QED) is 0.0513. The van der Waals surface area contributed by atoms with E-state index in [1.165, 1.54) is 12.8 Å². The maximum atomic E-state index is 13.0. The Hall–Kier alpha value is -7.03. The number of urea groups is 1. The Morgan fingerprint density at radius 2 is 1.48 bits per heavy atom. The highest BCUT2D eigenvalue weighted by Gasteiger charge is 2.26. The number of carbonyl (C=O) groups is 7. The van der Waals surface area contributed by atoms with E-state index in [0.717, 1.165) is 76.6 Å². The summed E-state index contributed by atoms with van der Waals surface area (Å²) in [5, 5.41) is 21.6. The third-order valence-electron chi connectivity index (χ3n) is 11.3. The van der Waals surface area contributed by atoms with Gasteiger partial charge in [0.15, 0.2) is 0 Å². The van der Waals surface area contributed by atoms with Gasteiger partial charge in [0.05, 0.1) is 23.3 Å². The van der Waals surface area contributed by atoms with Crippen LogP contribution in [0.5, 0.6) is 0 Å². The number of carboxylic acid groups (broad SMARTS) is 1. The number of primary amides is 1. The molecule has 2 aromatic carbocycles. The lowest BCUT2D eigenvalue weighted by Crippen LogP contribution is -2.52. The summed E-state index contributed by atoms with van der Waals surface area (Å²) < 4.78 is 6.72. The normalized spacial score (nSPS) is 13.5. The number of aliphatic carboxylic acids is 1. The number of hydrogen-bond donors (Lipinski definition) is 7. The number of nitrogens with one attached hydrogen (secondary N) is 5. The van der Waals surface area contributed by atoms with E-state index >= 15 is 0 Å². The number of pyridine rings is 1. The molecular weight excluding hydrogens is 931 g/mol. The van der Waals surface area contributed by atoms with Crippen molar-refractivity contribution in [1.29, 1.82) is 0 Å². The summed E-state index contributed by atoms with van der Waals surface area (Å²) in [7, 11) is 0. The maximum absolute atomic E-state index is 13.0. The number of nitrogens with two attached hydrogens (primary N) is 1. The van der Waals surface area contributed by atoms with Crippen LogP contribution < -0.4 is 42.1 Å². The fourth-order valence-corrected chi connectivity index (χ4v) is 8.23. The Bertz CT molecular complexity index is 2350. The number of carboxylic acids is 1. The molecule has 0 aliphatic carbocycles. The highest BCUT2D eigenvalue weighted by Crippen LogP contribution is 2.33. The van der Waals surface area contributed by atoms with Crippen LogP contribution >= 0.6 is 11.3 Å². The standard InChI is InChI=1S/C43H55N9O6S.C4H10N2O.C3H6O2/c1-4-5-6-9-37(53)45-26-39(55)49-40(29(2)3)41(56)46-27-38(54)47-32-13-10-30(11-14-32)28-58-43(57)52-22-20-50(21-23-52)33-15-16-34-35(24-33)59-42(48-34)31-12-17-36(44-25-31)51-18-7-8-19-51;1-2-3-6-4(5)7;1-2-3(4)5/h10-17,24-25,29,40H,4-9,18-23,26-28H2,1-3H3,(H,45,53)(H,46,56)(H,47,54)(H,49,55);2-3H2,1H3,(H3,5,6,7);2H2,1H3,(H,4,5). The second kappa shape index (κ2) is 29.9. The van der Waals surface area contributed by atoms with Crippen molar-refractivity contribution in [1.82, 2.24) is 36.1 Å². The summed E-state index contributed by atoms with van der Waals surface area (Å²) in [6, 6.07) is 16.1. The van der Waals surface area contributed by atoms with Crippen LogP contribution in [0.4, 0.5) is 26.8 Å². The molecule has 7 amide bonds. The van der Waals surface area contributed by atoms with Gasteiger partial charge in [0.25, 0.3) is 0 Å². The van der Waals surface area contributed by atoms with Gasteiger partial charge in [-0.2, -0.15) is 0 Å². The summed E-state index contributed by atoms with van der Waals surface area (Å²) in [5.74, 6) is -1.61. The summed E-state index contributed by atoms with van der Waals surface area (Å²) >= 11 is 1.66. The van der Waals surface area contributed by atoms with Gasteiger partial charge in [0, 0.05) is 81.8 Å². The average Bonchev–Trinajstić information content (AvgIpc) is 4.07. The second-order valence-corrected chi connectivity index (χ2v) is 18.4. The first kappa shape index (κ1) is 56.6. The van der Waals surface area contributed by atoms with E-state index < -0.39 is 35.8 Å². The Kier molecular flexibility index (Phi) is 23.8. The largest absolute Gasteiger partial charge is 0.481 e. The van der Waals surface area contributed by atoms with E-state index in [-0.39, 0.29) is 44.0 Å². The minimum Gasteiger partial charge on any atom is -0.481 e. The molecule has 2 aromatic heterocycles. The van der Waals surface area contributed by atoms with Gasteiger partial charge < -0.3 is 56.9 Å². The zero-order valence-electron chi connectivity index (χ0n) is 41.6. The number of fused-ring (bicyclic) bond motifs is 1. The number of ether oxygens (including phenoxy) is 1. The lowest BCUT2D eigenvalue weighted by atomic mass is 10.0. The van der Waals surface area contributed by atoms with Crippen LogP contribution in [-0.4, -0.2) is 127 Å².